The van der Waals surface area contributed by atoms with E-state index in [9.17, 15) is 0 Å². The molecule has 1 aromatic carbocycles. The van der Waals surface area contributed by atoms with Gasteiger partial charge in [-0.05, 0) is 35.9 Å². The van der Waals surface area contributed by atoms with Gasteiger partial charge in [0.25, 0.3) is 0 Å². The molecule has 0 radical (unpaired) electrons. The first-order chi connectivity index (χ1) is 10.2. The highest BCUT2D eigenvalue weighted by atomic mass is 16.5. The van der Waals surface area contributed by atoms with Crippen LogP contribution in [0.25, 0.3) is 0 Å². The molecule has 0 saturated heterocycles. The molecule has 0 aliphatic rings. The van der Waals surface area contributed by atoms with Gasteiger partial charge in [0, 0.05) is 12.5 Å². The largest absolute Gasteiger partial charge is 0.494 e. The Kier molecular flexibility index (Phi) is 5.68. The van der Waals surface area contributed by atoms with Crippen molar-refractivity contribution in [3.63, 3.8) is 0 Å². The lowest BCUT2D eigenvalue weighted by Crippen LogP contribution is -2.23. The molecular weight excluding hydrogens is 266 g/mol. The number of benzene rings is 1. The summed E-state index contributed by atoms with van der Waals surface area (Å²) in [5.41, 5.74) is 1.18. The molecule has 0 amide bonds. The maximum Gasteiger partial charge on any atom is 0.176 e. The lowest BCUT2D eigenvalue weighted by molar-refractivity contribution is 0.316. The van der Waals surface area contributed by atoms with Gasteiger partial charge in [-0.3, -0.25) is 0 Å². The maximum absolute atomic E-state index is 5.70. The average molecular weight is 289 g/mol. The molecule has 1 unspecified atom stereocenters. The van der Waals surface area contributed by atoms with Gasteiger partial charge in [-0.2, -0.15) is 4.80 Å². The Morgan fingerprint density at radius 3 is 2.86 bits per heavy atom. The van der Waals surface area contributed by atoms with Gasteiger partial charge in [0.05, 0.1) is 13.7 Å². The van der Waals surface area contributed by atoms with Crippen LogP contribution in [0, 0.1) is 0 Å². The molecule has 0 fully saturated rings. The molecule has 0 spiro atoms. The number of nitrogens with one attached hydrogen (secondary N) is 1. The van der Waals surface area contributed by atoms with Gasteiger partial charge >= 0.3 is 0 Å². The highest BCUT2D eigenvalue weighted by molar-refractivity contribution is 5.31. The molecule has 1 N–H and O–H groups in total. The predicted molar refractivity (Wildman–Crippen MR) is 81.1 cm³/mol. The average Bonchev–Trinajstić information content (AvgIpc) is 2.90. The molecule has 1 heterocycles. The van der Waals surface area contributed by atoms with Crippen molar-refractivity contribution in [2.24, 2.45) is 7.05 Å². The van der Waals surface area contributed by atoms with Gasteiger partial charge in [-0.15, -0.1) is 10.2 Å². The van der Waals surface area contributed by atoms with Crippen molar-refractivity contribution < 1.29 is 4.74 Å². The van der Waals surface area contributed by atoms with Crippen molar-refractivity contribution in [2.75, 3.05) is 13.2 Å². The lowest BCUT2D eigenvalue weighted by atomic mass is 10.0. The summed E-state index contributed by atoms with van der Waals surface area (Å²) in [4.78, 5) is 1.49. The normalized spacial score (nSPS) is 12.3. The number of aromatic nitrogens is 4. The summed E-state index contributed by atoms with van der Waals surface area (Å²) in [6.07, 6.45) is 1.71. The summed E-state index contributed by atoms with van der Waals surface area (Å²) < 4.78 is 5.70. The van der Waals surface area contributed by atoms with Gasteiger partial charge in [0.2, 0.25) is 0 Å². The molecule has 0 aliphatic heterocycles. The topological polar surface area (TPSA) is 64.9 Å². The van der Waals surface area contributed by atoms with Gasteiger partial charge < -0.3 is 10.1 Å². The molecule has 0 saturated carbocycles. The van der Waals surface area contributed by atoms with Crippen molar-refractivity contribution in [1.29, 1.82) is 0 Å². The number of rotatable bonds is 8. The zero-order chi connectivity index (χ0) is 15.1. The molecule has 2 aromatic rings. The molecule has 6 heteroatoms. The molecule has 0 bridgehead atoms. The SMILES string of the molecule is CCCOc1cccc(C(Cc2nnn(C)n2)NCC)c1. The van der Waals surface area contributed by atoms with Crippen molar-refractivity contribution in [3.8, 4) is 5.75 Å². The zero-order valence-corrected chi connectivity index (χ0v) is 12.9. The van der Waals surface area contributed by atoms with E-state index in [-0.39, 0.29) is 6.04 Å². The van der Waals surface area contributed by atoms with E-state index in [1.807, 2.05) is 12.1 Å². The van der Waals surface area contributed by atoms with E-state index in [1.165, 1.54) is 10.4 Å². The van der Waals surface area contributed by atoms with Crippen molar-refractivity contribution in [2.45, 2.75) is 32.7 Å². The number of likely N-dealkylation sites (N-methyl/N-ethyl adjacent to an activating group) is 1. The Labute approximate surface area is 125 Å². The van der Waals surface area contributed by atoms with E-state index in [4.69, 9.17) is 4.74 Å². The van der Waals surface area contributed by atoms with E-state index >= 15 is 0 Å². The van der Waals surface area contributed by atoms with Crippen LogP contribution in [-0.2, 0) is 13.5 Å². The molecule has 1 atom stereocenters. The Hall–Kier alpha value is -1.95. The van der Waals surface area contributed by atoms with Gasteiger partial charge in [0.15, 0.2) is 5.82 Å². The third-order valence-electron chi connectivity index (χ3n) is 3.12. The van der Waals surface area contributed by atoms with Crippen molar-refractivity contribution >= 4 is 0 Å². The van der Waals surface area contributed by atoms with E-state index in [0.29, 0.717) is 6.42 Å². The summed E-state index contributed by atoms with van der Waals surface area (Å²) in [5.74, 6) is 1.65. The van der Waals surface area contributed by atoms with Gasteiger partial charge in [-0.25, -0.2) is 0 Å². The van der Waals surface area contributed by atoms with Crippen molar-refractivity contribution in [1.82, 2.24) is 25.5 Å². The monoisotopic (exact) mass is 289 g/mol. The molecule has 6 nitrogen and oxygen atoms in total. The zero-order valence-electron chi connectivity index (χ0n) is 12.9. The number of aryl methyl sites for hydroxylation is 1. The highest BCUT2D eigenvalue weighted by Crippen LogP contribution is 2.21. The third-order valence-corrected chi connectivity index (χ3v) is 3.12. The fourth-order valence-corrected chi connectivity index (χ4v) is 2.18. The van der Waals surface area contributed by atoms with Gasteiger partial charge in [0.1, 0.15) is 5.75 Å². The van der Waals surface area contributed by atoms with Crippen LogP contribution in [0.1, 0.15) is 37.7 Å². The summed E-state index contributed by atoms with van der Waals surface area (Å²) >= 11 is 0. The smallest absolute Gasteiger partial charge is 0.176 e. The first-order valence-corrected chi connectivity index (χ1v) is 7.42. The van der Waals surface area contributed by atoms with Crippen molar-refractivity contribution in [3.05, 3.63) is 35.7 Å². The maximum atomic E-state index is 5.70. The Bertz CT molecular complexity index is 555. The number of ether oxygens (including phenoxy) is 1. The van der Waals surface area contributed by atoms with E-state index in [2.05, 4.69) is 46.7 Å². The Morgan fingerprint density at radius 1 is 1.33 bits per heavy atom. The van der Waals surface area contributed by atoms with E-state index < -0.39 is 0 Å². The number of tetrazole rings is 1. The second-order valence-corrected chi connectivity index (χ2v) is 4.93. The van der Waals surface area contributed by atoms with Crippen LogP contribution in [0.2, 0.25) is 0 Å². The summed E-state index contributed by atoms with van der Waals surface area (Å²) in [5, 5.41) is 15.7. The summed E-state index contributed by atoms with van der Waals surface area (Å²) in [6, 6.07) is 8.35. The van der Waals surface area contributed by atoms with Crippen LogP contribution >= 0.6 is 0 Å². The number of nitrogens with zero attached hydrogens (tertiary/aromatic N) is 4. The summed E-state index contributed by atoms with van der Waals surface area (Å²) in [6.45, 7) is 5.81. The molecule has 1 aromatic heterocycles. The second-order valence-electron chi connectivity index (χ2n) is 4.93. The minimum absolute atomic E-state index is 0.157. The van der Waals surface area contributed by atoms with Gasteiger partial charge in [-0.1, -0.05) is 26.0 Å². The minimum Gasteiger partial charge on any atom is -0.494 e. The first kappa shape index (κ1) is 15.4. The van der Waals surface area contributed by atoms with E-state index in [0.717, 1.165) is 31.1 Å². The fraction of sp³-hybridized carbons (Fsp3) is 0.533. The molecule has 0 aliphatic carbocycles. The standard InChI is InChI=1S/C15H23N5O/c1-4-9-21-13-8-6-7-12(10-13)14(16-5-2)11-15-17-19-20(3)18-15/h6-8,10,14,16H,4-5,9,11H2,1-3H3. The van der Waals surface area contributed by atoms with Crippen LogP contribution in [0.3, 0.4) is 0 Å². The highest BCUT2D eigenvalue weighted by Gasteiger charge is 2.15. The first-order valence-electron chi connectivity index (χ1n) is 7.42. The summed E-state index contributed by atoms with van der Waals surface area (Å²) in [7, 11) is 1.78. The molecule has 21 heavy (non-hydrogen) atoms. The van der Waals surface area contributed by atoms with Crippen LogP contribution in [0.4, 0.5) is 0 Å². The quantitative estimate of drug-likeness (QED) is 0.804. The molecular formula is C15H23N5O. The van der Waals surface area contributed by atoms with Crippen LogP contribution < -0.4 is 10.1 Å². The third kappa shape index (κ3) is 4.53. The second kappa shape index (κ2) is 7.73. The molecule has 114 valence electrons. The minimum atomic E-state index is 0.157. The fourth-order valence-electron chi connectivity index (χ4n) is 2.18. The van der Waals surface area contributed by atoms with Crippen LogP contribution in [-0.4, -0.2) is 33.4 Å². The van der Waals surface area contributed by atoms with Crippen LogP contribution in [0.15, 0.2) is 24.3 Å². The van der Waals surface area contributed by atoms with E-state index in [1.54, 1.807) is 7.05 Å². The predicted octanol–water partition coefficient (Wildman–Crippen LogP) is 1.89. The van der Waals surface area contributed by atoms with Crippen LogP contribution in [0.5, 0.6) is 5.75 Å². The lowest BCUT2D eigenvalue weighted by Gasteiger charge is -2.17. The number of hydrogen-bond acceptors (Lipinski definition) is 5. The molecule has 2 rings (SSSR count). The Balaban J connectivity index is 2.13. The Morgan fingerprint density at radius 2 is 2.19 bits per heavy atom. The number of hydrogen-bond donors (Lipinski definition) is 1.